The fourth-order valence-electron chi connectivity index (χ4n) is 2.65. The van der Waals surface area contributed by atoms with Gasteiger partial charge in [0.25, 0.3) is 0 Å². The van der Waals surface area contributed by atoms with E-state index >= 15 is 0 Å². The zero-order chi connectivity index (χ0) is 15.7. The van der Waals surface area contributed by atoms with Crippen molar-refractivity contribution in [3.05, 3.63) is 64.7 Å². The molecule has 4 nitrogen and oxygen atoms in total. The van der Waals surface area contributed by atoms with Gasteiger partial charge < -0.3 is 4.90 Å². The third-order valence-electron chi connectivity index (χ3n) is 3.65. The number of nitrogens with one attached hydrogen (secondary N) is 1. The van der Waals surface area contributed by atoms with Crippen molar-refractivity contribution in [2.45, 2.75) is 13.8 Å². The molecule has 0 fully saturated rings. The molecule has 112 valence electrons. The third kappa shape index (κ3) is 2.60. The van der Waals surface area contributed by atoms with Crippen molar-refractivity contribution in [3.8, 4) is 0 Å². The summed E-state index contributed by atoms with van der Waals surface area (Å²) in [6.07, 6.45) is 0. The quantitative estimate of drug-likeness (QED) is 0.876. The average Bonchev–Trinajstić information content (AvgIpc) is 2.68. The van der Waals surface area contributed by atoms with Gasteiger partial charge in [0.15, 0.2) is 11.7 Å². The molecule has 0 aliphatic carbocycles. The summed E-state index contributed by atoms with van der Waals surface area (Å²) in [7, 11) is 3.99. The van der Waals surface area contributed by atoms with Crippen LogP contribution in [0.5, 0.6) is 0 Å². The monoisotopic (exact) mass is 292 g/mol. The van der Waals surface area contributed by atoms with Crippen molar-refractivity contribution in [1.82, 2.24) is 10.3 Å². The highest BCUT2D eigenvalue weighted by atomic mass is 15.4. The highest BCUT2D eigenvalue weighted by molar-refractivity contribution is 6.09. The van der Waals surface area contributed by atoms with Gasteiger partial charge in [-0.15, -0.1) is 0 Å². The molecule has 1 heterocycles. The first-order valence-electron chi connectivity index (χ1n) is 7.33. The molecule has 0 saturated carbocycles. The van der Waals surface area contributed by atoms with E-state index in [1.807, 2.05) is 49.3 Å². The lowest BCUT2D eigenvalue weighted by Crippen LogP contribution is -2.27. The number of hydrazone groups is 1. The molecule has 0 atom stereocenters. The molecule has 0 amide bonds. The minimum atomic E-state index is 0.769. The van der Waals surface area contributed by atoms with E-state index in [1.165, 1.54) is 5.56 Å². The number of fused-ring (bicyclic) bond motifs is 1. The molecule has 0 radical (unpaired) electrons. The van der Waals surface area contributed by atoms with Gasteiger partial charge in [-0.3, -0.25) is 5.43 Å². The predicted molar refractivity (Wildman–Crippen MR) is 91.9 cm³/mol. The fraction of sp³-hybridized carbons (Fsp3) is 0.222. The first kappa shape index (κ1) is 14.3. The average molecular weight is 292 g/mol. The molecule has 1 aliphatic heterocycles. The van der Waals surface area contributed by atoms with Crippen LogP contribution in [-0.2, 0) is 0 Å². The number of hydrogen-bond acceptors (Lipinski definition) is 4. The predicted octanol–water partition coefficient (Wildman–Crippen LogP) is 3.21. The van der Waals surface area contributed by atoms with Crippen molar-refractivity contribution < 1.29 is 0 Å². The Kier molecular flexibility index (Phi) is 3.67. The fourth-order valence-corrected chi connectivity index (χ4v) is 2.65. The van der Waals surface area contributed by atoms with Gasteiger partial charge in [0.05, 0.1) is 5.69 Å². The molecule has 3 rings (SSSR count). The standard InChI is InChI=1S/C18H20N4/c1-12-10-13(2)16-15(11-12)18(22(3)4)21-20-17(19-16)14-8-6-5-7-9-14/h5-11H,1-4H3,(H,19,20). The van der Waals surface area contributed by atoms with Gasteiger partial charge in [0.1, 0.15) is 0 Å². The van der Waals surface area contributed by atoms with E-state index in [0.29, 0.717) is 0 Å². The SMILES string of the molecule is Cc1cc(C)c2c(c1)C(N(C)C)=NNC(c1ccccc1)=N2. The zero-order valence-corrected chi connectivity index (χ0v) is 13.4. The number of hydrogen-bond donors (Lipinski definition) is 1. The van der Waals surface area contributed by atoms with Gasteiger partial charge >= 0.3 is 0 Å². The van der Waals surface area contributed by atoms with Gasteiger partial charge in [0.2, 0.25) is 0 Å². The number of rotatable bonds is 1. The third-order valence-corrected chi connectivity index (χ3v) is 3.65. The van der Waals surface area contributed by atoms with E-state index in [0.717, 1.165) is 34.0 Å². The van der Waals surface area contributed by atoms with E-state index in [1.54, 1.807) is 0 Å². The second kappa shape index (κ2) is 5.64. The summed E-state index contributed by atoms with van der Waals surface area (Å²) in [5.74, 6) is 1.65. The van der Waals surface area contributed by atoms with Gasteiger partial charge in [-0.25, -0.2) is 4.99 Å². The van der Waals surface area contributed by atoms with Crippen LogP contribution in [0.25, 0.3) is 0 Å². The van der Waals surface area contributed by atoms with Crippen molar-refractivity contribution in [3.63, 3.8) is 0 Å². The lowest BCUT2D eigenvalue weighted by molar-refractivity contribution is 0.617. The maximum Gasteiger partial charge on any atom is 0.157 e. The second-order valence-corrected chi connectivity index (χ2v) is 5.75. The van der Waals surface area contributed by atoms with Crippen LogP contribution in [0.3, 0.4) is 0 Å². The van der Waals surface area contributed by atoms with Crippen LogP contribution in [0.15, 0.2) is 52.6 Å². The Morgan fingerprint density at radius 1 is 1.00 bits per heavy atom. The number of benzene rings is 2. The largest absolute Gasteiger partial charge is 0.361 e. The van der Waals surface area contributed by atoms with E-state index in [9.17, 15) is 0 Å². The number of amidine groups is 2. The Balaban J connectivity index is 2.22. The molecule has 2 aromatic rings. The smallest absolute Gasteiger partial charge is 0.157 e. The number of aryl methyl sites for hydroxylation is 2. The number of nitrogens with zero attached hydrogens (tertiary/aromatic N) is 3. The molecule has 22 heavy (non-hydrogen) atoms. The second-order valence-electron chi connectivity index (χ2n) is 5.75. The van der Waals surface area contributed by atoms with Crippen LogP contribution in [0.4, 0.5) is 5.69 Å². The molecule has 1 N–H and O–H groups in total. The first-order chi connectivity index (χ1) is 10.6. The molecule has 0 bridgehead atoms. The van der Waals surface area contributed by atoms with E-state index < -0.39 is 0 Å². The van der Waals surface area contributed by atoms with Crippen LogP contribution in [-0.4, -0.2) is 30.7 Å². The lowest BCUT2D eigenvalue weighted by Gasteiger charge is -2.17. The van der Waals surface area contributed by atoms with Crippen molar-refractivity contribution in [1.29, 1.82) is 0 Å². The molecular weight excluding hydrogens is 272 g/mol. The maximum absolute atomic E-state index is 4.85. The zero-order valence-electron chi connectivity index (χ0n) is 13.4. The van der Waals surface area contributed by atoms with Crippen molar-refractivity contribution in [2.24, 2.45) is 10.1 Å². The summed E-state index contributed by atoms with van der Waals surface area (Å²) in [5, 5.41) is 4.57. The van der Waals surface area contributed by atoms with Crippen LogP contribution >= 0.6 is 0 Å². The summed E-state index contributed by atoms with van der Waals surface area (Å²) >= 11 is 0. The summed E-state index contributed by atoms with van der Waals surface area (Å²) in [5.41, 5.74) is 8.54. The molecule has 0 spiro atoms. The van der Waals surface area contributed by atoms with Crippen molar-refractivity contribution >= 4 is 17.4 Å². The van der Waals surface area contributed by atoms with Gasteiger partial charge in [-0.2, -0.15) is 5.10 Å². The van der Waals surface area contributed by atoms with Gasteiger partial charge in [-0.05, 0) is 31.0 Å². The molecule has 0 unspecified atom stereocenters. The minimum absolute atomic E-state index is 0.769. The van der Waals surface area contributed by atoms with E-state index in [4.69, 9.17) is 4.99 Å². The van der Waals surface area contributed by atoms with Crippen LogP contribution in [0.2, 0.25) is 0 Å². The van der Waals surface area contributed by atoms with Gasteiger partial charge in [0, 0.05) is 25.2 Å². The summed E-state index contributed by atoms with van der Waals surface area (Å²) in [6.45, 7) is 4.19. The molecular formula is C18H20N4. The van der Waals surface area contributed by atoms with E-state index in [-0.39, 0.29) is 0 Å². The van der Waals surface area contributed by atoms with Crippen LogP contribution in [0, 0.1) is 13.8 Å². The molecule has 4 heteroatoms. The minimum Gasteiger partial charge on any atom is -0.361 e. The van der Waals surface area contributed by atoms with Gasteiger partial charge in [-0.1, -0.05) is 36.4 Å². The highest BCUT2D eigenvalue weighted by Crippen LogP contribution is 2.29. The normalized spacial score (nSPS) is 13.5. The summed E-state index contributed by atoms with van der Waals surface area (Å²) in [6, 6.07) is 14.4. The summed E-state index contributed by atoms with van der Waals surface area (Å²) in [4.78, 5) is 6.86. The topological polar surface area (TPSA) is 40.0 Å². The Labute approximate surface area is 131 Å². The Morgan fingerprint density at radius 2 is 1.73 bits per heavy atom. The lowest BCUT2D eigenvalue weighted by atomic mass is 10.0. The Morgan fingerprint density at radius 3 is 2.41 bits per heavy atom. The Bertz CT molecular complexity index is 758. The first-order valence-corrected chi connectivity index (χ1v) is 7.33. The molecule has 0 saturated heterocycles. The Hall–Kier alpha value is -2.62. The van der Waals surface area contributed by atoms with Crippen LogP contribution in [0.1, 0.15) is 22.3 Å². The molecule has 2 aromatic carbocycles. The van der Waals surface area contributed by atoms with Crippen LogP contribution < -0.4 is 5.43 Å². The maximum atomic E-state index is 4.85. The van der Waals surface area contributed by atoms with Crippen molar-refractivity contribution in [2.75, 3.05) is 14.1 Å². The highest BCUT2D eigenvalue weighted by Gasteiger charge is 2.19. The molecule has 0 aromatic heterocycles. The van der Waals surface area contributed by atoms with E-state index in [2.05, 4.69) is 36.5 Å². The molecule has 1 aliphatic rings. The number of aliphatic imine (C=N–C) groups is 1. The summed E-state index contributed by atoms with van der Waals surface area (Å²) < 4.78 is 0.